The molecule has 2 aromatic rings. The van der Waals surface area contributed by atoms with Crippen molar-refractivity contribution >= 4 is 21.7 Å². The van der Waals surface area contributed by atoms with Gasteiger partial charge in [-0.25, -0.2) is 13.2 Å². The zero-order chi connectivity index (χ0) is 22.2. The van der Waals surface area contributed by atoms with Gasteiger partial charge >= 0.3 is 5.97 Å². The number of nitrogens with zero attached hydrogens (tertiary/aromatic N) is 2. The van der Waals surface area contributed by atoms with Crippen LogP contribution in [0.4, 0.5) is 5.69 Å². The smallest absolute Gasteiger partial charge is 0.358 e. The summed E-state index contributed by atoms with van der Waals surface area (Å²) < 4.78 is 40.8. The van der Waals surface area contributed by atoms with Crippen LogP contribution in [0, 0.1) is 0 Å². The molecule has 0 unspecified atom stereocenters. The van der Waals surface area contributed by atoms with Gasteiger partial charge < -0.3 is 9.47 Å². The van der Waals surface area contributed by atoms with Crippen LogP contribution in [0.5, 0.6) is 0 Å². The maximum atomic E-state index is 13.2. The number of hydrogen-bond donors (Lipinski definition) is 1. The Bertz CT molecular complexity index is 1050. The van der Waals surface area contributed by atoms with E-state index in [1.54, 1.807) is 26.3 Å². The molecule has 0 bridgehead atoms. The number of aromatic nitrogens is 2. The Hall–Kier alpha value is -2.39. The standard InChI is InChI=1S/C22H29N3O5S/c1-25-21(22(26)30-3)20(19(23-25)16-6-10-17(29-2)11-7-16)24-31(27,28)18-12-8-15(9-13-18)14-4-5-14/h8-9,12-14,16-17,24H,4-7,10-11H2,1-3H3. The summed E-state index contributed by atoms with van der Waals surface area (Å²) in [6.45, 7) is 0. The summed E-state index contributed by atoms with van der Waals surface area (Å²) >= 11 is 0. The molecule has 1 heterocycles. The summed E-state index contributed by atoms with van der Waals surface area (Å²) in [5.41, 5.74) is 2.05. The molecule has 0 atom stereocenters. The van der Waals surface area contributed by atoms with Crippen LogP contribution >= 0.6 is 0 Å². The van der Waals surface area contributed by atoms with Crippen molar-refractivity contribution in [3.63, 3.8) is 0 Å². The summed E-state index contributed by atoms with van der Waals surface area (Å²) in [4.78, 5) is 12.6. The lowest BCUT2D eigenvalue weighted by Crippen LogP contribution is -2.21. The van der Waals surface area contributed by atoms with Gasteiger partial charge in [0.15, 0.2) is 5.69 Å². The van der Waals surface area contributed by atoms with Gasteiger partial charge in [-0.3, -0.25) is 9.40 Å². The second kappa shape index (κ2) is 8.63. The molecular weight excluding hydrogens is 418 g/mol. The minimum absolute atomic E-state index is 0.0333. The Morgan fingerprint density at radius 1 is 1.03 bits per heavy atom. The Kier molecular flexibility index (Phi) is 6.07. The highest BCUT2D eigenvalue weighted by Crippen LogP contribution is 2.41. The van der Waals surface area contributed by atoms with E-state index in [4.69, 9.17) is 9.47 Å². The Morgan fingerprint density at radius 3 is 2.19 bits per heavy atom. The van der Waals surface area contributed by atoms with E-state index < -0.39 is 16.0 Å². The molecule has 2 fully saturated rings. The quantitative estimate of drug-likeness (QED) is 0.652. The molecule has 0 amide bonds. The van der Waals surface area contributed by atoms with Crippen LogP contribution < -0.4 is 4.72 Å². The monoisotopic (exact) mass is 447 g/mol. The van der Waals surface area contributed by atoms with Crippen molar-refractivity contribution in [1.29, 1.82) is 0 Å². The zero-order valence-electron chi connectivity index (χ0n) is 18.1. The lowest BCUT2D eigenvalue weighted by molar-refractivity contribution is 0.0589. The third-order valence-electron chi connectivity index (χ3n) is 6.32. The second-order valence-corrected chi connectivity index (χ2v) is 10.1. The molecule has 1 N–H and O–H groups in total. The predicted octanol–water partition coefficient (Wildman–Crippen LogP) is 3.56. The van der Waals surface area contributed by atoms with E-state index in [1.807, 2.05) is 12.1 Å². The topological polar surface area (TPSA) is 99.5 Å². The first-order chi connectivity index (χ1) is 14.8. The zero-order valence-corrected chi connectivity index (χ0v) is 18.9. The van der Waals surface area contributed by atoms with E-state index in [0.29, 0.717) is 11.6 Å². The van der Waals surface area contributed by atoms with Crippen LogP contribution in [0.2, 0.25) is 0 Å². The molecule has 9 heteroatoms. The average Bonchev–Trinajstić information content (AvgIpc) is 3.58. The maximum absolute atomic E-state index is 13.2. The van der Waals surface area contributed by atoms with E-state index in [9.17, 15) is 13.2 Å². The molecule has 168 valence electrons. The third kappa shape index (κ3) is 4.48. The van der Waals surface area contributed by atoms with E-state index in [1.165, 1.54) is 11.8 Å². The Balaban J connectivity index is 1.67. The van der Waals surface area contributed by atoms with Crippen molar-refractivity contribution < 1.29 is 22.7 Å². The first kappa shape index (κ1) is 21.8. The van der Waals surface area contributed by atoms with E-state index in [2.05, 4.69) is 9.82 Å². The first-order valence-corrected chi connectivity index (χ1v) is 12.1. The van der Waals surface area contributed by atoms with Gasteiger partial charge in [-0.05, 0) is 62.1 Å². The number of carbonyl (C=O) groups excluding carboxylic acids is 1. The number of carbonyl (C=O) groups is 1. The molecule has 0 aliphatic heterocycles. The number of benzene rings is 1. The van der Waals surface area contributed by atoms with E-state index in [0.717, 1.165) is 44.1 Å². The molecule has 2 aliphatic carbocycles. The normalized spacial score (nSPS) is 21.6. The van der Waals surface area contributed by atoms with Gasteiger partial charge in [-0.15, -0.1) is 0 Å². The number of esters is 1. The summed E-state index contributed by atoms with van der Waals surface area (Å²) in [6.07, 6.45) is 5.83. The summed E-state index contributed by atoms with van der Waals surface area (Å²) in [7, 11) is 0.700. The fourth-order valence-corrected chi connectivity index (χ4v) is 5.45. The van der Waals surface area contributed by atoms with Gasteiger partial charge in [0.05, 0.1) is 23.8 Å². The van der Waals surface area contributed by atoms with Crippen molar-refractivity contribution in [1.82, 2.24) is 9.78 Å². The van der Waals surface area contributed by atoms with Crippen molar-refractivity contribution in [3.05, 3.63) is 41.2 Å². The van der Waals surface area contributed by atoms with Crippen molar-refractivity contribution in [2.75, 3.05) is 18.9 Å². The minimum Gasteiger partial charge on any atom is -0.464 e. The molecule has 1 aromatic carbocycles. The van der Waals surface area contributed by atoms with Crippen molar-refractivity contribution in [2.45, 2.75) is 61.4 Å². The maximum Gasteiger partial charge on any atom is 0.358 e. The highest BCUT2D eigenvalue weighted by molar-refractivity contribution is 7.92. The lowest BCUT2D eigenvalue weighted by atomic mass is 9.84. The van der Waals surface area contributed by atoms with Crippen molar-refractivity contribution in [2.24, 2.45) is 7.05 Å². The molecule has 2 saturated carbocycles. The number of methoxy groups -OCH3 is 2. The molecule has 4 rings (SSSR count). The molecule has 1 aromatic heterocycles. The minimum atomic E-state index is -3.90. The van der Waals surface area contributed by atoms with Gasteiger partial charge in [0.25, 0.3) is 10.0 Å². The predicted molar refractivity (Wildman–Crippen MR) is 116 cm³/mol. The number of sulfonamides is 1. The van der Waals surface area contributed by atoms with Crippen LogP contribution in [0.1, 0.15) is 72.1 Å². The highest BCUT2D eigenvalue weighted by Gasteiger charge is 2.33. The highest BCUT2D eigenvalue weighted by atomic mass is 32.2. The number of hydrogen-bond acceptors (Lipinski definition) is 6. The second-order valence-electron chi connectivity index (χ2n) is 8.38. The third-order valence-corrected chi connectivity index (χ3v) is 7.69. The molecule has 0 radical (unpaired) electrons. The van der Waals surface area contributed by atoms with E-state index in [-0.39, 0.29) is 28.3 Å². The molecule has 8 nitrogen and oxygen atoms in total. The average molecular weight is 448 g/mol. The Morgan fingerprint density at radius 2 is 1.65 bits per heavy atom. The molecule has 2 aliphatic rings. The number of ether oxygens (including phenoxy) is 2. The number of rotatable bonds is 7. The molecule has 0 spiro atoms. The van der Waals surface area contributed by atoms with Crippen molar-refractivity contribution in [3.8, 4) is 0 Å². The Labute approximate surface area is 183 Å². The van der Waals surface area contributed by atoms with Gasteiger partial charge in [0, 0.05) is 20.1 Å². The number of nitrogens with one attached hydrogen (secondary N) is 1. The summed E-state index contributed by atoms with van der Waals surface area (Å²) in [6, 6.07) is 6.97. The van der Waals surface area contributed by atoms with E-state index >= 15 is 0 Å². The first-order valence-electron chi connectivity index (χ1n) is 10.6. The fourth-order valence-electron chi connectivity index (χ4n) is 4.36. The molecule has 31 heavy (non-hydrogen) atoms. The van der Waals surface area contributed by atoms with Gasteiger partial charge in [0.1, 0.15) is 5.69 Å². The van der Waals surface area contributed by atoms with Crippen LogP contribution in [0.25, 0.3) is 0 Å². The van der Waals surface area contributed by atoms with Crippen LogP contribution in [-0.2, 0) is 26.5 Å². The molecule has 0 saturated heterocycles. The molecular formula is C22H29N3O5S. The number of aryl methyl sites for hydroxylation is 1. The SMILES string of the molecule is COC(=O)c1c(NS(=O)(=O)c2ccc(C3CC3)cc2)c(C2CCC(OC)CC2)nn1C. The van der Waals surface area contributed by atoms with Crippen LogP contribution in [0.3, 0.4) is 0 Å². The van der Waals surface area contributed by atoms with Gasteiger partial charge in [0.2, 0.25) is 0 Å². The van der Waals surface area contributed by atoms with Crippen LogP contribution in [-0.4, -0.2) is 44.5 Å². The fraction of sp³-hybridized carbons (Fsp3) is 0.545. The van der Waals surface area contributed by atoms with Gasteiger partial charge in [-0.1, -0.05) is 12.1 Å². The summed E-state index contributed by atoms with van der Waals surface area (Å²) in [5.74, 6) is -0.0534. The largest absolute Gasteiger partial charge is 0.464 e. The van der Waals surface area contributed by atoms with Gasteiger partial charge in [-0.2, -0.15) is 5.10 Å². The number of anilines is 1. The van der Waals surface area contributed by atoms with Crippen LogP contribution in [0.15, 0.2) is 29.2 Å². The summed E-state index contributed by atoms with van der Waals surface area (Å²) in [5, 5.41) is 4.53. The lowest BCUT2D eigenvalue weighted by Gasteiger charge is -2.27.